The van der Waals surface area contributed by atoms with Crippen LogP contribution in [0.1, 0.15) is 17.2 Å². The lowest BCUT2D eigenvalue weighted by Crippen LogP contribution is -2.02. The van der Waals surface area contributed by atoms with Gasteiger partial charge in [0.1, 0.15) is 5.75 Å². The van der Waals surface area contributed by atoms with E-state index in [1.165, 1.54) is 0 Å². The van der Waals surface area contributed by atoms with Crippen LogP contribution in [0.3, 0.4) is 0 Å². The molecule has 4 heteroatoms. The monoisotopic (exact) mass is 282 g/mol. The lowest BCUT2D eigenvalue weighted by atomic mass is 10.0. The minimum atomic E-state index is -0.695. The van der Waals surface area contributed by atoms with Crippen molar-refractivity contribution in [2.45, 2.75) is 12.5 Å². The van der Waals surface area contributed by atoms with Crippen molar-refractivity contribution in [1.29, 1.82) is 0 Å². The van der Waals surface area contributed by atoms with Gasteiger partial charge in [0, 0.05) is 16.5 Å². The number of aromatic hydroxyl groups is 1. The molecule has 0 fully saturated rings. The summed E-state index contributed by atoms with van der Waals surface area (Å²) in [6.07, 6.45) is -0.263. The fourth-order valence-electron chi connectivity index (χ4n) is 1.74. The molecule has 1 unspecified atom stereocenters. The van der Waals surface area contributed by atoms with Crippen LogP contribution in [-0.2, 0) is 6.42 Å². The fraction of sp³-hybridized carbons (Fsp3) is 0.143. The number of hydrogen-bond acceptors (Lipinski definition) is 2. The van der Waals surface area contributed by atoms with Gasteiger partial charge in [0.25, 0.3) is 0 Å². The van der Waals surface area contributed by atoms with E-state index in [-0.39, 0.29) is 5.75 Å². The summed E-state index contributed by atoms with van der Waals surface area (Å²) in [6.45, 7) is 0. The number of rotatable bonds is 3. The van der Waals surface area contributed by atoms with Crippen molar-refractivity contribution in [2.24, 2.45) is 0 Å². The van der Waals surface area contributed by atoms with Gasteiger partial charge in [0.05, 0.1) is 6.10 Å². The first-order chi connectivity index (χ1) is 8.56. The predicted octanol–water partition coefficient (Wildman–Crippen LogP) is 3.98. The van der Waals surface area contributed by atoms with E-state index in [9.17, 15) is 10.2 Å². The summed E-state index contributed by atoms with van der Waals surface area (Å²) in [7, 11) is 0. The molecule has 0 aliphatic rings. The van der Waals surface area contributed by atoms with Crippen molar-refractivity contribution >= 4 is 23.2 Å². The van der Waals surface area contributed by atoms with Crippen LogP contribution in [0.5, 0.6) is 5.75 Å². The fourth-order valence-corrected chi connectivity index (χ4v) is 2.27. The molecule has 0 heterocycles. The van der Waals surface area contributed by atoms with Crippen LogP contribution in [0.2, 0.25) is 10.0 Å². The average Bonchev–Trinajstić information content (AvgIpc) is 2.32. The van der Waals surface area contributed by atoms with Gasteiger partial charge in [-0.1, -0.05) is 41.4 Å². The maximum absolute atomic E-state index is 10.1. The van der Waals surface area contributed by atoms with Crippen LogP contribution in [0.15, 0.2) is 42.5 Å². The summed E-state index contributed by atoms with van der Waals surface area (Å²) in [5, 5.41) is 20.3. The first-order valence-corrected chi connectivity index (χ1v) is 6.23. The van der Waals surface area contributed by atoms with E-state index in [0.717, 1.165) is 5.56 Å². The summed E-state index contributed by atoms with van der Waals surface area (Å²) in [6, 6.07) is 11.7. The van der Waals surface area contributed by atoms with Crippen LogP contribution in [0, 0.1) is 0 Å². The lowest BCUT2D eigenvalue weighted by molar-refractivity contribution is 0.178. The maximum Gasteiger partial charge on any atom is 0.115 e. The van der Waals surface area contributed by atoms with E-state index >= 15 is 0 Å². The summed E-state index contributed by atoms with van der Waals surface area (Å²) >= 11 is 11.8. The Hall–Kier alpha value is -1.22. The molecule has 0 saturated carbocycles. The topological polar surface area (TPSA) is 40.5 Å². The number of halogens is 2. The molecule has 94 valence electrons. The van der Waals surface area contributed by atoms with Crippen LogP contribution in [-0.4, -0.2) is 10.2 Å². The molecule has 1 atom stereocenters. The zero-order chi connectivity index (χ0) is 13.1. The molecule has 0 radical (unpaired) electrons. The third kappa shape index (κ3) is 3.16. The number of phenols is 1. The Balaban J connectivity index is 2.16. The van der Waals surface area contributed by atoms with Gasteiger partial charge in [-0.3, -0.25) is 0 Å². The Morgan fingerprint density at radius 1 is 1.00 bits per heavy atom. The molecule has 2 nitrogen and oxygen atoms in total. The number of hydrogen-bond donors (Lipinski definition) is 2. The highest BCUT2D eigenvalue weighted by atomic mass is 35.5. The van der Waals surface area contributed by atoms with Crippen molar-refractivity contribution in [1.82, 2.24) is 0 Å². The molecule has 0 aromatic heterocycles. The van der Waals surface area contributed by atoms with Gasteiger partial charge < -0.3 is 10.2 Å². The zero-order valence-corrected chi connectivity index (χ0v) is 11.0. The zero-order valence-electron chi connectivity index (χ0n) is 9.48. The molecule has 2 rings (SSSR count). The summed E-state index contributed by atoms with van der Waals surface area (Å²) in [5.74, 6) is 0.206. The predicted molar refractivity (Wildman–Crippen MR) is 73.2 cm³/mol. The number of aliphatic hydroxyl groups excluding tert-OH is 1. The Kier molecular flexibility index (Phi) is 4.12. The highest BCUT2D eigenvalue weighted by molar-refractivity contribution is 6.35. The van der Waals surface area contributed by atoms with Gasteiger partial charge in [-0.2, -0.15) is 0 Å². The second-order valence-electron chi connectivity index (χ2n) is 4.05. The Morgan fingerprint density at radius 2 is 1.67 bits per heavy atom. The first kappa shape index (κ1) is 13.2. The van der Waals surface area contributed by atoms with Crippen LogP contribution < -0.4 is 0 Å². The van der Waals surface area contributed by atoms with Gasteiger partial charge in [0.2, 0.25) is 0 Å². The normalized spacial score (nSPS) is 12.4. The van der Waals surface area contributed by atoms with E-state index in [4.69, 9.17) is 23.2 Å². The molecule has 0 amide bonds. The van der Waals surface area contributed by atoms with E-state index in [1.54, 1.807) is 42.5 Å². The molecule has 0 aliphatic heterocycles. The second-order valence-corrected chi connectivity index (χ2v) is 4.90. The standard InChI is InChI=1S/C14H12Cl2O2/c15-10-3-6-12(13(16)8-10)14(18)7-9-1-4-11(17)5-2-9/h1-6,8,14,17-18H,7H2. The third-order valence-electron chi connectivity index (χ3n) is 2.69. The van der Waals surface area contributed by atoms with Crippen LogP contribution in [0.4, 0.5) is 0 Å². The number of phenolic OH excluding ortho intramolecular Hbond substituents is 1. The number of benzene rings is 2. The van der Waals surface area contributed by atoms with Gasteiger partial charge in [0.15, 0.2) is 0 Å². The number of aliphatic hydroxyl groups is 1. The van der Waals surface area contributed by atoms with Gasteiger partial charge in [-0.15, -0.1) is 0 Å². The molecule has 0 spiro atoms. The minimum Gasteiger partial charge on any atom is -0.508 e. The quantitative estimate of drug-likeness (QED) is 0.894. The Bertz CT molecular complexity index is 538. The smallest absolute Gasteiger partial charge is 0.115 e. The van der Waals surface area contributed by atoms with Crippen molar-refractivity contribution in [3.8, 4) is 5.75 Å². The third-order valence-corrected chi connectivity index (χ3v) is 3.25. The molecular weight excluding hydrogens is 271 g/mol. The van der Waals surface area contributed by atoms with Crippen molar-refractivity contribution in [3.05, 3.63) is 63.6 Å². The summed E-state index contributed by atoms with van der Waals surface area (Å²) < 4.78 is 0. The first-order valence-electron chi connectivity index (χ1n) is 5.47. The molecular formula is C14H12Cl2O2. The van der Waals surface area contributed by atoms with Gasteiger partial charge in [-0.25, -0.2) is 0 Å². The maximum atomic E-state index is 10.1. The Labute approximate surface area is 115 Å². The summed E-state index contributed by atoms with van der Waals surface area (Å²) in [5.41, 5.74) is 1.57. The van der Waals surface area contributed by atoms with Crippen LogP contribution >= 0.6 is 23.2 Å². The molecule has 2 aromatic rings. The minimum absolute atomic E-state index is 0.206. The average molecular weight is 283 g/mol. The molecule has 0 saturated heterocycles. The van der Waals surface area contributed by atoms with E-state index in [0.29, 0.717) is 22.0 Å². The van der Waals surface area contributed by atoms with Crippen molar-refractivity contribution < 1.29 is 10.2 Å². The molecule has 2 aromatic carbocycles. The molecule has 0 aliphatic carbocycles. The highest BCUT2D eigenvalue weighted by Crippen LogP contribution is 2.28. The SMILES string of the molecule is Oc1ccc(CC(O)c2ccc(Cl)cc2Cl)cc1. The van der Waals surface area contributed by atoms with Crippen LogP contribution in [0.25, 0.3) is 0 Å². The summed E-state index contributed by atoms with van der Waals surface area (Å²) in [4.78, 5) is 0. The molecule has 2 N–H and O–H groups in total. The van der Waals surface area contributed by atoms with E-state index in [2.05, 4.69) is 0 Å². The molecule has 0 bridgehead atoms. The lowest BCUT2D eigenvalue weighted by Gasteiger charge is -2.13. The Morgan fingerprint density at radius 3 is 2.28 bits per heavy atom. The largest absolute Gasteiger partial charge is 0.508 e. The highest BCUT2D eigenvalue weighted by Gasteiger charge is 2.12. The van der Waals surface area contributed by atoms with E-state index in [1.807, 2.05) is 0 Å². The van der Waals surface area contributed by atoms with Crippen molar-refractivity contribution in [3.63, 3.8) is 0 Å². The van der Waals surface area contributed by atoms with Gasteiger partial charge in [-0.05, 0) is 35.4 Å². The second kappa shape index (κ2) is 5.61. The van der Waals surface area contributed by atoms with Crippen molar-refractivity contribution in [2.75, 3.05) is 0 Å². The molecule has 18 heavy (non-hydrogen) atoms. The van der Waals surface area contributed by atoms with E-state index < -0.39 is 6.10 Å². The van der Waals surface area contributed by atoms with Gasteiger partial charge >= 0.3 is 0 Å².